The van der Waals surface area contributed by atoms with E-state index >= 15 is 0 Å². The van der Waals surface area contributed by atoms with Gasteiger partial charge in [0.05, 0.1) is 19.7 Å². The highest BCUT2D eigenvalue weighted by Gasteiger charge is 2.31. The van der Waals surface area contributed by atoms with Crippen LogP contribution < -0.4 is 10.1 Å². The fourth-order valence-corrected chi connectivity index (χ4v) is 6.07. The van der Waals surface area contributed by atoms with Gasteiger partial charge in [0, 0.05) is 6.54 Å². The number of hydrogen-bond donors (Lipinski definition) is 1. The van der Waals surface area contributed by atoms with E-state index in [1.165, 1.54) is 17.0 Å². The summed E-state index contributed by atoms with van der Waals surface area (Å²) in [4.78, 5) is 13.2. The van der Waals surface area contributed by atoms with Gasteiger partial charge in [-0.1, -0.05) is 60.7 Å². The topological polar surface area (TPSA) is 75.7 Å². The molecule has 3 aromatic rings. The summed E-state index contributed by atoms with van der Waals surface area (Å²) in [6.07, 6.45) is 2.80. The lowest BCUT2D eigenvalue weighted by Gasteiger charge is -2.28. The fourth-order valence-electron chi connectivity index (χ4n) is 4.44. The molecule has 0 saturated carbocycles. The van der Waals surface area contributed by atoms with Crippen molar-refractivity contribution >= 4 is 15.9 Å². The Morgan fingerprint density at radius 1 is 1.06 bits per heavy atom. The second kappa shape index (κ2) is 10.4. The van der Waals surface area contributed by atoms with E-state index in [-0.39, 0.29) is 35.7 Å². The lowest BCUT2D eigenvalue weighted by atomic mass is 9.88. The van der Waals surface area contributed by atoms with E-state index < -0.39 is 10.0 Å². The van der Waals surface area contributed by atoms with E-state index in [1.807, 2.05) is 55.5 Å². The van der Waals surface area contributed by atoms with Gasteiger partial charge in [0.15, 0.2) is 0 Å². The summed E-state index contributed by atoms with van der Waals surface area (Å²) in [5.41, 5.74) is 3.94. The molecule has 0 aliphatic heterocycles. The van der Waals surface area contributed by atoms with E-state index in [4.69, 9.17) is 4.74 Å². The monoisotopic (exact) mass is 478 g/mol. The Balaban J connectivity index is 1.62. The minimum atomic E-state index is -4.01. The third-order valence-corrected chi connectivity index (χ3v) is 7.98. The Morgan fingerprint density at radius 3 is 2.56 bits per heavy atom. The summed E-state index contributed by atoms with van der Waals surface area (Å²) in [5.74, 6) is -0.0712. The molecule has 0 bridgehead atoms. The molecule has 7 heteroatoms. The van der Waals surface area contributed by atoms with Crippen LogP contribution >= 0.6 is 0 Å². The molecule has 1 aliphatic rings. The molecule has 0 spiro atoms. The van der Waals surface area contributed by atoms with Crippen LogP contribution in [0.4, 0.5) is 0 Å². The Morgan fingerprint density at radius 2 is 1.79 bits per heavy atom. The molecule has 6 nitrogen and oxygen atoms in total. The van der Waals surface area contributed by atoms with Crippen molar-refractivity contribution in [3.05, 3.63) is 95.1 Å². The third kappa shape index (κ3) is 5.32. The molecule has 0 radical (unpaired) electrons. The van der Waals surface area contributed by atoms with Gasteiger partial charge in [-0.3, -0.25) is 4.79 Å². The summed E-state index contributed by atoms with van der Waals surface area (Å²) in [6.45, 7) is 1.62. The van der Waals surface area contributed by atoms with Gasteiger partial charge in [0.1, 0.15) is 10.6 Å². The van der Waals surface area contributed by atoms with Crippen LogP contribution in [0.2, 0.25) is 0 Å². The van der Waals surface area contributed by atoms with E-state index in [1.54, 1.807) is 18.2 Å². The molecule has 0 aromatic heterocycles. The number of nitrogens with zero attached hydrogens (tertiary/aromatic N) is 1. The van der Waals surface area contributed by atoms with Crippen LogP contribution in [0.5, 0.6) is 5.75 Å². The maximum absolute atomic E-state index is 13.8. The molecule has 1 N–H and O–H groups in total. The second-order valence-corrected chi connectivity index (χ2v) is 10.5. The average molecular weight is 479 g/mol. The van der Waals surface area contributed by atoms with E-state index in [2.05, 4.69) is 11.4 Å². The Hall–Kier alpha value is -3.16. The van der Waals surface area contributed by atoms with E-state index in [9.17, 15) is 13.2 Å². The van der Waals surface area contributed by atoms with E-state index in [0.717, 1.165) is 36.0 Å². The maximum Gasteiger partial charge on any atom is 0.247 e. The van der Waals surface area contributed by atoms with Gasteiger partial charge < -0.3 is 10.1 Å². The molecule has 1 unspecified atom stereocenters. The number of sulfonamides is 1. The molecular formula is C27H30N2O4S. The smallest absolute Gasteiger partial charge is 0.247 e. The van der Waals surface area contributed by atoms with Gasteiger partial charge in [0.2, 0.25) is 15.9 Å². The molecule has 0 fully saturated rings. The Labute approximate surface area is 201 Å². The van der Waals surface area contributed by atoms with Crippen molar-refractivity contribution in [2.45, 2.75) is 43.7 Å². The van der Waals surface area contributed by atoms with Crippen molar-refractivity contribution in [1.82, 2.24) is 9.62 Å². The molecule has 4 rings (SSSR count). The number of rotatable bonds is 8. The fraction of sp³-hybridized carbons (Fsp3) is 0.296. The number of aryl methyl sites for hydroxylation is 2. The standard InChI is InChI=1S/C27H30N2O4S/c1-20-15-16-25(33-2)26(17-20)34(31,32)29(18-21-9-4-3-5-10-21)19-27(30)28-24-14-8-12-22-11-6-7-13-23(22)24/h3-7,9-11,13,15-17,24H,8,12,14,18-19H2,1-2H3,(H,28,30). The molecular weight excluding hydrogens is 448 g/mol. The summed E-state index contributed by atoms with van der Waals surface area (Å²) in [6, 6.07) is 22.3. The highest BCUT2D eigenvalue weighted by Crippen LogP contribution is 2.31. The third-order valence-electron chi connectivity index (χ3n) is 6.16. The zero-order valence-corrected chi connectivity index (χ0v) is 20.3. The highest BCUT2D eigenvalue weighted by atomic mass is 32.2. The quantitative estimate of drug-likeness (QED) is 0.521. The van der Waals surface area contributed by atoms with Gasteiger partial charge in [-0.2, -0.15) is 4.31 Å². The molecule has 0 heterocycles. The first-order chi connectivity index (χ1) is 16.4. The van der Waals surface area contributed by atoms with Crippen molar-refractivity contribution in [3.8, 4) is 5.75 Å². The minimum Gasteiger partial charge on any atom is -0.495 e. The van der Waals surface area contributed by atoms with Crippen LogP contribution in [-0.2, 0) is 27.8 Å². The van der Waals surface area contributed by atoms with Crippen LogP contribution in [0, 0.1) is 6.92 Å². The van der Waals surface area contributed by atoms with Gasteiger partial charge in [0.25, 0.3) is 0 Å². The second-order valence-electron chi connectivity index (χ2n) is 8.62. The number of benzene rings is 3. The number of methoxy groups -OCH3 is 1. The van der Waals surface area contributed by atoms with Gasteiger partial charge in [-0.25, -0.2) is 8.42 Å². The number of fused-ring (bicyclic) bond motifs is 1. The molecule has 0 saturated heterocycles. The molecule has 1 aliphatic carbocycles. The van der Waals surface area contributed by atoms with Crippen LogP contribution in [0.1, 0.15) is 41.1 Å². The summed E-state index contributed by atoms with van der Waals surface area (Å²) >= 11 is 0. The van der Waals surface area contributed by atoms with Crippen molar-refractivity contribution in [1.29, 1.82) is 0 Å². The lowest BCUT2D eigenvalue weighted by molar-refractivity contribution is -0.122. The molecule has 178 valence electrons. The normalized spacial score (nSPS) is 15.6. The number of carbonyl (C=O) groups excluding carboxylic acids is 1. The van der Waals surface area contributed by atoms with Crippen LogP contribution in [0.15, 0.2) is 77.7 Å². The Kier molecular flexibility index (Phi) is 7.34. The maximum atomic E-state index is 13.8. The molecule has 1 amide bonds. The van der Waals surface area contributed by atoms with Crippen molar-refractivity contribution < 1.29 is 17.9 Å². The largest absolute Gasteiger partial charge is 0.495 e. The zero-order chi connectivity index (χ0) is 24.1. The van der Waals surface area contributed by atoms with Crippen molar-refractivity contribution in [2.24, 2.45) is 0 Å². The average Bonchev–Trinajstić information content (AvgIpc) is 2.84. The van der Waals surface area contributed by atoms with Crippen LogP contribution in [0.3, 0.4) is 0 Å². The predicted molar refractivity (Wildman–Crippen MR) is 132 cm³/mol. The summed E-state index contributed by atoms with van der Waals surface area (Å²) in [5, 5.41) is 3.08. The summed E-state index contributed by atoms with van der Waals surface area (Å²) < 4.78 is 34.1. The number of nitrogens with one attached hydrogen (secondary N) is 1. The van der Waals surface area contributed by atoms with Crippen molar-refractivity contribution in [3.63, 3.8) is 0 Å². The zero-order valence-electron chi connectivity index (χ0n) is 19.5. The first-order valence-electron chi connectivity index (χ1n) is 11.4. The number of amides is 1. The van der Waals surface area contributed by atoms with Gasteiger partial charge in [-0.15, -0.1) is 0 Å². The number of hydrogen-bond acceptors (Lipinski definition) is 4. The minimum absolute atomic E-state index is 0.0572. The van der Waals surface area contributed by atoms with E-state index in [0.29, 0.717) is 0 Å². The molecule has 34 heavy (non-hydrogen) atoms. The molecule has 1 atom stereocenters. The molecule has 3 aromatic carbocycles. The number of carbonyl (C=O) groups is 1. The van der Waals surface area contributed by atoms with Crippen LogP contribution in [0.25, 0.3) is 0 Å². The SMILES string of the molecule is COc1ccc(C)cc1S(=O)(=O)N(CC(=O)NC1CCCc2ccccc21)Cc1ccccc1. The summed E-state index contributed by atoms with van der Waals surface area (Å²) in [7, 11) is -2.57. The van der Waals surface area contributed by atoms with Crippen molar-refractivity contribution in [2.75, 3.05) is 13.7 Å². The first kappa shape index (κ1) is 24.0. The first-order valence-corrected chi connectivity index (χ1v) is 12.9. The lowest BCUT2D eigenvalue weighted by Crippen LogP contribution is -2.42. The van der Waals surface area contributed by atoms with Gasteiger partial charge >= 0.3 is 0 Å². The Bertz CT molecular complexity index is 1260. The predicted octanol–water partition coefficient (Wildman–Crippen LogP) is 4.39. The number of ether oxygens (including phenoxy) is 1. The highest BCUT2D eigenvalue weighted by molar-refractivity contribution is 7.89. The van der Waals surface area contributed by atoms with Crippen LogP contribution in [-0.4, -0.2) is 32.3 Å². The van der Waals surface area contributed by atoms with Gasteiger partial charge in [-0.05, 0) is 60.6 Å².